The number of nitrogens with two attached hydrogens (primary N) is 1. The third-order valence-corrected chi connectivity index (χ3v) is 7.57. The van der Waals surface area contributed by atoms with Gasteiger partial charge in [-0.25, -0.2) is 4.98 Å². The molecular formula is C27H29N5O. The van der Waals surface area contributed by atoms with Gasteiger partial charge in [-0.15, -0.1) is 0 Å². The van der Waals surface area contributed by atoms with Crippen molar-refractivity contribution in [2.75, 3.05) is 36.8 Å². The number of hydrogen-bond donors (Lipinski definition) is 2. The summed E-state index contributed by atoms with van der Waals surface area (Å²) in [6, 6.07) is 14.8. The Labute approximate surface area is 194 Å². The molecule has 3 aliphatic heterocycles. The Morgan fingerprint density at radius 2 is 2.03 bits per heavy atom. The van der Waals surface area contributed by atoms with E-state index in [1.54, 1.807) is 0 Å². The normalized spacial score (nSPS) is 20.5. The van der Waals surface area contributed by atoms with Gasteiger partial charge in [0.1, 0.15) is 17.5 Å². The Morgan fingerprint density at radius 1 is 1.21 bits per heavy atom. The SMILES string of the molecule is CC1(C)Cc2nc(N3CCC4(CNC4)C3)c(C#N)c(-c3cc(N)cc4ccccc34)c2CO1. The van der Waals surface area contributed by atoms with Crippen LogP contribution in [0, 0.1) is 16.7 Å². The maximum Gasteiger partial charge on any atom is 0.147 e. The summed E-state index contributed by atoms with van der Waals surface area (Å²) in [4.78, 5) is 7.48. The summed E-state index contributed by atoms with van der Waals surface area (Å²) in [5.41, 5.74) is 11.7. The third-order valence-electron chi connectivity index (χ3n) is 7.57. The molecule has 0 atom stereocenters. The first-order valence-electron chi connectivity index (χ1n) is 11.7. The van der Waals surface area contributed by atoms with Gasteiger partial charge in [0.2, 0.25) is 0 Å². The van der Waals surface area contributed by atoms with Crippen molar-refractivity contribution in [3.63, 3.8) is 0 Å². The smallest absolute Gasteiger partial charge is 0.147 e. The second kappa shape index (κ2) is 7.18. The lowest BCUT2D eigenvalue weighted by molar-refractivity contribution is -0.0410. The number of rotatable bonds is 2. The standard InChI is InChI=1S/C27H29N5O/c1-26(2)11-23-22(13-33-26)24(20-10-18(29)9-17-5-3-4-6-19(17)20)21(12-28)25(31-23)32-8-7-27(16-32)14-30-15-27/h3-6,9-10,30H,7-8,11,13-16,29H2,1-2H3. The summed E-state index contributed by atoms with van der Waals surface area (Å²) < 4.78 is 6.22. The molecule has 0 amide bonds. The topological polar surface area (TPSA) is 87.2 Å². The first-order valence-corrected chi connectivity index (χ1v) is 11.7. The number of aromatic nitrogens is 1. The third kappa shape index (κ3) is 3.26. The Bertz CT molecular complexity index is 1320. The number of nitrogens with one attached hydrogen (secondary N) is 1. The quantitative estimate of drug-likeness (QED) is 0.587. The molecule has 6 nitrogen and oxygen atoms in total. The molecule has 1 spiro atoms. The van der Waals surface area contributed by atoms with Crippen LogP contribution in [0.4, 0.5) is 11.5 Å². The second-order valence-corrected chi connectivity index (χ2v) is 10.5. The van der Waals surface area contributed by atoms with E-state index >= 15 is 0 Å². The minimum atomic E-state index is -0.287. The van der Waals surface area contributed by atoms with Gasteiger partial charge in [-0.1, -0.05) is 24.3 Å². The van der Waals surface area contributed by atoms with E-state index < -0.39 is 0 Å². The zero-order chi connectivity index (χ0) is 22.8. The number of hydrogen-bond acceptors (Lipinski definition) is 6. The Balaban J connectivity index is 1.62. The number of nitriles is 1. The maximum atomic E-state index is 10.5. The van der Waals surface area contributed by atoms with Crippen molar-refractivity contribution in [2.24, 2.45) is 5.41 Å². The van der Waals surface area contributed by atoms with Crippen LogP contribution in [0.5, 0.6) is 0 Å². The number of ether oxygens (including phenoxy) is 1. The fourth-order valence-corrected chi connectivity index (χ4v) is 5.74. The summed E-state index contributed by atoms with van der Waals surface area (Å²) in [6.07, 6.45) is 1.85. The van der Waals surface area contributed by atoms with Gasteiger partial charge in [0, 0.05) is 54.8 Å². The van der Waals surface area contributed by atoms with Gasteiger partial charge in [-0.2, -0.15) is 5.26 Å². The van der Waals surface area contributed by atoms with Crippen molar-refractivity contribution in [1.29, 1.82) is 5.26 Å². The number of anilines is 2. The van der Waals surface area contributed by atoms with Crippen molar-refractivity contribution in [3.05, 3.63) is 53.2 Å². The predicted octanol–water partition coefficient (Wildman–Crippen LogP) is 4.01. The highest BCUT2D eigenvalue weighted by Gasteiger charge is 2.44. The van der Waals surface area contributed by atoms with E-state index in [0.29, 0.717) is 23.3 Å². The molecule has 2 aromatic carbocycles. The highest BCUT2D eigenvalue weighted by Crippen LogP contribution is 2.44. The Hall–Kier alpha value is -3.14. The molecule has 3 aromatic rings. The molecule has 1 aromatic heterocycles. The molecular weight excluding hydrogens is 410 g/mol. The lowest BCUT2D eigenvalue weighted by Crippen LogP contribution is -2.54. The summed E-state index contributed by atoms with van der Waals surface area (Å²) in [7, 11) is 0. The first kappa shape index (κ1) is 20.5. The van der Waals surface area contributed by atoms with Gasteiger partial charge in [-0.05, 0) is 48.7 Å². The fraction of sp³-hybridized carbons (Fsp3) is 0.407. The van der Waals surface area contributed by atoms with Gasteiger partial charge in [0.15, 0.2) is 0 Å². The second-order valence-electron chi connectivity index (χ2n) is 10.5. The van der Waals surface area contributed by atoms with Crippen LogP contribution in [0.2, 0.25) is 0 Å². The van der Waals surface area contributed by atoms with E-state index in [2.05, 4.69) is 42.3 Å². The van der Waals surface area contributed by atoms with Crippen LogP contribution >= 0.6 is 0 Å². The molecule has 0 bridgehead atoms. The number of nitrogen functional groups attached to an aromatic ring is 1. The van der Waals surface area contributed by atoms with Crippen LogP contribution in [0.1, 0.15) is 37.1 Å². The van der Waals surface area contributed by atoms with Crippen LogP contribution in [-0.2, 0) is 17.8 Å². The van der Waals surface area contributed by atoms with Crippen molar-refractivity contribution < 1.29 is 4.74 Å². The van der Waals surface area contributed by atoms with Crippen molar-refractivity contribution >= 4 is 22.3 Å². The minimum absolute atomic E-state index is 0.287. The molecule has 3 N–H and O–H groups in total. The van der Waals surface area contributed by atoms with E-state index in [9.17, 15) is 5.26 Å². The van der Waals surface area contributed by atoms with E-state index in [-0.39, 0.29) is 5.60 Å². The van der Waals surface area contributed by atoms with Crippen molar-refractivity contribution in [2.45, 2.75) is 38.9 Å². The molecule has 0 saturated carbocycles. The van der Waals surface area contributed by atoms with Crippen LogP contribution in [0.3, 0.4) is 0 Å². The summed E-state index contributed by atoms with van der Waals surface area (Å²) in [5, 5.41) is 16.1. The largest absolute Gasteiger partial charge is 0.399 e. The highest BCUT2D eigenvalue weighted by molar-refractivity contribution is 6.01. The Kier molecular flexibility index (Phi) is 4.45. The van der Waals surface area contributed by atoms with Crippen LogP contribution < -0.4 is 16.0 Å². The lowest BCUT2D eigenvalue weighted by atomic mass is 9.81. The minimum Gasteiger partial charge on any atom is -0.399 e. The van der Waals surface area contributed by atoms with Gasteiger partial charge in [0.05, 0.1) is 17.9 Å². The lowest BCUT2D eigenvalue weighted by Gasteiger charge is -2.39. The van der Waals surface area contributed by atoms with Crippen LogP contribution in [0.15, 0.2) is 36.4 Å². The van der Waals surface area contributed by atoms with Crippen LogP contribution in [0.25, 0.3) is 21.9 Å². The van der Waals surface area contributed by atoms with E-state index in [1.165, 1.54) is 0 Å². The average Bonchev–Trinajstić information content (AvgIpc) is 3.23. The molecule has 0 aliphatic carbocycles. The van der Waals surface area contributed by atoms with Gasteiger partial charge < -0.3 is 20.7 Å². The fourth-order valence-electron chi connectivity index (χ4n) is 5.74. The van der Waals surface area contributed by atoms with E-state index in [1.807, 2.05) is 24.3 Å². The Morgan fingerprint density at radius 3 is 2.76 bits per heavy atom. The number of pyridine rings is 1. The molecule has 33 heavy (non-hydrogen) atoms. The molecule has 2 saturated heterocycles. The van der Waals surface area contributed by atoms with Crippen molar-refractivity contribution in [1.82, 2.24) is 10.3 Å². The number of benzene rings is 2. The summed E-state index contributed by atoms with van der Waals surface area (Å²) >= 11 is 0. The zero-order valence-electron chi connectivity index (χ0n) is 19.2. The molecule has 0 radical (unpaired) electrons. The predicted molar refractivity (Wildman–Crippen MR) is 131 cm³/mol. The maximum absolute atomic E-state index is 10.5. The first-order chi connectivity index (χ1) is 15.9. The molecule has 0 unspecified atom stereocenters. The molecule has 168 valence electrons. The monoisotopic (exact) mass is 439 g/mol. The molecule has 2 fully saturated rings. The molecule has 4 heterocycles. The number of nitrogens with zero attached hydrogens (tertiary/aromatic N) is 3. The van der Waals surface area contributed by atoms with Gasteiger partial charge in [0.25, 0.3) is 0 Å². The van der Waals surface area contributed by atoms with E-state index in [0.717, 1.165) is 78.0 Å². The van der Waals surface area contributed by atoms with Gasteiger partial charge >= 0.3 is 0 Å². The molecule has 3 aliphatic rings. The molecule has 6 heteroatoms. The summed E-state index contributed by atoms with van der Waals surface area (Å²) in [6.45, 7) is 8.62. The van der Waals surface area contributed by atoms with E-state index in [4.69, 9.17) is 15.5 Å². The van der Waals surface area contributed by atoms with Gasteiger partial charge in [-0.3, -0.25) is 0 Å². The van der Waals surface area contributed by atoms with Crippen molar-refractivity contribution in [3.8, 4) is 17.2 Å². The summed E-state index contributed by atoms with van der Waals surface area (Å²) in [5.74, 6) is 0.819. The highest BCUT2D eigenvalue weighted by atomic mass is 16.5. The average molecular weight is 440 g/mol. The van der Waals surface area contributed by atoms with Crippen LogP contribution in [-0.4, -0.2) is 36.8 Å². The zero-order valence-corrected chi connectivity index (χ0v) is 19.2. The number of fused-ring (bicyclic) bond motifs is 2. The molecule has 6 rings (SSSR count).